The highest BCUT2D eigenvalue weighted by atomic mass is 31.2. The molecule has 8 nitrogen and oxygen atoms in total. The molecule has 0 saturated carbocycles. The average molecular weight is 668 g/mol. The number of quaternary nitrogens is 1. The molecule has 3 unspecified atom stereocenters. The number of nitrogens with one attached hydrogen (secondary N) is 1. The fraction of sp³-hybridized carbons (Fsp3) is 0.703. The maximum absolute atomic E-state index is 12.7. The number of aliphatic hydroxyl groups is 1. The minimum Gasteiger partial charge on any atom is -0.391 e. The fourth-order valence-electron chi connectivity index (χ4n) is 4.43. The third-order valence-corrected chi connectivity index (χ3v) is 8.26. The van der Waals surface area contributed by atoms with Crippen molar-refractivity contribution in [2.75, 3.05) is 40.9 Å². The Bertz CT molecular complexity index is 939. The number of carbonyl (C=O) groups excluding carboxylic acids is 1. The third-order valence-electron chi connectivity index (χ3n) is 7.28. The second kappa shape index (κ2) is 29.3. The van der Waals surface area contributed by atoms with Gasteiger partial charge in [-0.05, 0) is 51.4 Å². The van der Waals surface area contributed by atoms with E-state index in [9.17, 15) is 19.4 Å². The standard InChI is InChI=1S/C37H67N2O6P/c1-6-8-10-12-14-15-16-17-18-19-20-21-22-23-25-27-29-31-37(41)38-35(36(40)30-28-26-24-13-11-9-7-2)34-45-46(42,43)44-33-32-39(3,4)5/h8,10,14-15,17-18,20-21,23,25,35-36,40H,6-7,9,11-13,16,19,22,24,26-34H2,1-5H3,(H-,38,41,42,43)/p+1/b10-8-,15-14-,18-17-,21-20-,25-23-. The Kier molecular flexibility index (Phi) is 28.2. The lowest BCUT2D eigenvalue weighted by atomic mass is 10.0. The largest absolute Gasteiger partial charge is 0.472 e. The van der Waals surface area contributed by atoms with Crippen LogP contribution in [0.4, 0.5) is 0 Å². The van der Waals surface area contributed by atoms with E-state index in [1.54, 1.807) is 0 Å². The van der Waals surface area contributed by atoms with Crippen LogP contribution in [0.1, 0.15) is 117 Å². The maximum atomic E-state index is 12.7. The summed E-state index contributed by atoms with van der Waals surface area (Å²) in [5.41, 5.74) is 0. The highest BCUT2D eigenvalue weighted by Gasteiger charge is 2.28. The molecular formula is C37H68N2O6P+. The van der Waals surface area contributed by atoms with Crippen LogP contribution in [-0.2, 0) is 18.4 Å². The molecule has 266 valence electrons. The number of rotatable bonds is 30. The molecule has 0 aliphatic rings. The SMILES string of the molecule is CC/C=C\C/C=C\C/C=C\C/C=C\C/C=C\CCCC(=O)NC(COP(=O)(O)OCC[N+](C)(C)C)C(O)CCCCCCCCC. The third kappa shape index (κ3) is 30.8. The summed E-state index contributed by atoms with van der Waals surface area (Å²) in [6.45, 7) is 4.63. The first-order chi connectivity index (χ1) is 22.0. The lowest BCUT2D eigenvalue weighted by Crippen LogP contribution is -2.46. The van der Waals surface area contributed by atoms with E-state index in [1.165, 1.54) is 25.7 Å². The first kappa shape index (κ1) is 44.2. The summed E-state index contributed by atoms with van der Waals surface area (Å²) in [6, 6.07) is -0.788. The number of likely N-dealkylation sites (N-methyl/N-ethyl adjacent to an activating group) is 1. The Hall–Kier alpha value is -1.80. The van der Waals surface area contributed by atoms with Gasteiger partial charge in [0.2, 0.25) is 5.91 Å². The number of phosphoric acid groups is 1. The molecule has 0 heterocycles. The van der Waals surface area contributed by atoms with Crippen molar-refractivity contribution in [3.05, 3.63) is 60.8 Å². The van der Waals surface area contributed by atoms with Gasteiger partial charge >= 0.3 is 7.82 Å². The minimum atomic E-state index is -4.31. The molecule has 0 aromatic carbocycles. The predicted molar refractivity (Wildman–Crippen MR) is 193 cm³/mol. The van der Waals surface area contributed by atoms with Gasteiger partial charge in [-0.15, -0.1) is 0 Å². The summed E-state index contributed by atoms with van der Waals surface area (Å²) >= 11 is 0. The molecule has 3 atom stereocenters. The van der Waals surface area contributed by atoms with Crippen LogP contribution in [0.25, 0.3) is 0 Å². The van der Waals surface area contributed by atoms with Gasteiger partial charge < -0.3 is 19.8 Å². The smallest absolute Gasteiger partial charge is 0.391 e. The van der Waals surface area contributed by atoms with Gasteiger partial charge in [0.05, 0.1) is 39.9 Å². The number of carbonyl (C=O) groups is 1. The molecule has 0 aliphatic carbocycles. The van der Waals surface area contributed by atoms with E-state index in [4.69, 9.17) is 9.05 Å². The number of aliphatic hydroxyl groups excluding tert-OH is 1. The van der Waals surface area contributed by atoms with Crippen molar-refractivity contribution in [2.24, 2.45) is 0 Å². The van der Waals surface area contributed by atoms with Crippen LogP contribution < -0.4 is 5.32 Å². The van der Waals surface area contributed by atoms with Gasteiger partial charge in [0.15, 0.2) is 0 Å². The zero-order valence-corrected chi connectivity index (χ0v) is 30.7. The van der Waals surface area contributed by atoms with E-state index in [-0.39, 0.29) is 19.1 Å². The molecule has 0 fully saturated rings. The Balaban J connectivity index is 4.55. The Morgan fingerprint density at radius 1 is 0.761 bits per heavy atom. The monoisotopic (exact) mass is 667 g/mol. The summed E-state index contributed by atoms with van der Waals surface area (Å²) in [5, 5.41) is 13.7. The van der Waals surface area contributed by atoms with Crippen molar-refractivity contribution in [1.82, 2.24) is 5.32 Å². The van der Waals surface area contributed by atoms with Crippen molar-refractivity contribution < 1.29 is 32.9 Å². The molecular weight excluding hydrogens is 599 g/mol. The van der Waals surface area contributed by atoms with E-state index >= 15 is 0 Å². The van der Waals surface area contributed by atoms with Crippen LogP contribution in [-0.4, -0.2) is 73.4 Å². The zero-order chi connectivity index (χ0) is 34.4. The van der Waals surface area contributed by atoms with E-state index in [0.29, 0.717) is 30.3 Å². The molecule has 0 spiro atoms. The molecule has 0 rings (SSSR count). The lowest BCUT2D eigenvalue weighted by Gasteiger charge is -2.26. The van der Waals surface area contributed by atoms with Crippen LogP contribution in [0.5, 0.6) is 0 Å². The summed E-state index contributed by atoms with van der Waals surface area (Å²) in [4.78, 5) is 22.9. The van der Waals surface area contributed by atoms with Gasteiger partial charge in [-0.2, -0.15) is 0 Å². The van der Waals surface area contributed by atoms with Gasteiger partial charge in [0, 0.05) is 6.42 Å². The normalized spacial score (nSPS) is 15.5. The minimum absolute atomic E-state index is 0.0602. The quantitative estimate of drug-likeness (QED) is 0.0306. The first-order valence-electron chi connectivity index (χ1n) is 17.7. The maximum Gasteiger partial charge on any atom is 0.472 e. The lowest BCUT2D eigenvalue weighted by molar-refractivity contribution is -0.870. The van der Waals surface area contributed by atoms with Gasteiger partial charge in [-0.3, -0.25) is 13.8 Å². The molecule has 0 aliphatic heterocycles. The highest BCUT2D eigenvalue weighted by molar-refractivity contribution is 7.47. The van der Waals surface area contributed by atoms with Crippen molar-refractivity contribution in [1.29, 1.82) is 0 Å². The van der Waals surface area contributed by atoms with Gasteiger partial charge in [0.1, 0.15) is 13.2 Å². The van der Waals surface area contributed by atoms with Crippen LogP contribution in [0, 0.1) is 0 Å². The summed E-state index contributed by atoms with van der Waals surface area (Å²) in [7, 11) is 1.56. The number of hydrogen-bond acceptors (Lipinski definition) is 5. The molecule has 0 saturated heterocycles. The second-order valence-corrected chi connectivity index (χ2v) is 14.3. The van der Waals surface area contributed by atoms with Crippen LogP contribution in [0.2, 0.25) is 0 Å². The Labute approximate surface area is 281 Å². The number of amides is 1. The number of unbranched alkanes of at least 4 members (excludes halogenated alkanes) is 7. The molecule has 0 aromatic heterocycles. The Morgan fingerprint density at radius 2 is 1.28 bits per heavy atom. The van der Waals surface area contributed by atoms with Crippen molar-refractivity contribution in [3.63, 3.8) is 0 Å². The van der Waals surface area contributed by atoms with E-state index in [0.717, 1.165) is 57.8 Å². The number of phosphoric ester groups is 1. The summed E-state index contributed by atoms with van der Waals surface area (Å²) < 4.78 is 23.3. The molecule has 3 N–H and O–H groups in total. The molecule has 0 radical (unpaired) electrons. The average Bonchev–Trinajstić information content (AvgIpc) is 2.99. The molecule has 0 bridgehead atoms. The summed E-state index contributed by atoms with van der Waals surface area (Å²) in [5.74, 6) is -0.210. The summed E-state index contributed by atoms with van der Waals surface area (Å²) in [6.07, 6.45) is 35.5. The molecule has 1 amide bonds. The fourth-order valence-corrected chi connectivity index (χ4v) is 5.17. The first-order valence-corrected chi connectivity index (χ1v) is 19.1. The van der Waals surface area contributed by atoms with Crippen LogP contribution in [0.3, 0.4) is 0 Å². The number of allylic oxidation sites excluding steroid dienone is 10. The molecule has 46 heavy (non-hydrogen) atoms. The molecule has 0 aromatic rings. The van der Waals surface area contributed by atoms with Gasteiger partial charge in [-0.25, -0.2) is 4.57 Å². The Morgan fingerprint density at radius 3 is 1.83 bits per heavy atom. The van der Waals surface area contributed by atoms with E-state index in [2.05, 4.69) is 79.9 Å². The molecule has 9 heteroatoms. The van der Waals surface area contributed by atoms with Gasteiger partial charge in [-0.1, -0.05) is 120 Å². The van der Waals surface area contributed by atoms with Crippen LogP contribution >= 0.6 is 7.82 Å². The van der Waals surface area contributed by atoms with Gasteiger partial charge in [0.25, 0.3) is 0 Å². The topological polar surface area (TPSA) is 105 Å². The number of hydrogen-bond donors (Lipinski definition) is 3. The van der Waals surface area contributed by atoms with E-state index < -0.39 is 20.0 Å². The predicted octanol–water partition coefficient (Wildman–Crippen LogP) is 8.73. The zero-order valence-electron chi connectivity index (χ0n) is 29.8. The van der Waals surface area contributed by atoms with Crippen LogP contribution in [0.15, 0.2) is 60.8 Å². The van der Waals surface area contributed by atoms with Crippen molar-refractivity contribution in [3.8, 4) is 0 Å². The number of nitrogens with zero attached hydrogens (tertiary/aromatic N) is 1. The highest BCUT2D eigenvalue weighted by Crippen LogP contribution is 2.43. The van der Waals surface area contributed by atoms with Crippen molar-refractivity contribution in [2.45, 2.75) is 129 Å². The van der Waals surface area contributed by atoms with Crippen molar-refractivity contribution >= 4 is 13.7 Å². The van der Waals surface area contributed by atoms with E-state index in [1.807, 2.05) is 21.1 Å². The second-order valence-electron chi connectivity index (χ2n) is 12.9.